The molecule has 0 radical (unpaired) electrons. The number of halogens is 6. The average molecular weight is 2280 g/mol. The molecular weight excluding hydrogens is 2160 g/mol. The van der Waals surface area contributed by atoms with Crippen LogP contribution < -0.4 is 22.4 Å². The van der Waals surface area contributed by atoms with Gasteiger partial charge in [-0.25, -0.2) is 9.97 Å². The van der Waals surface area contributed by atoms with Crippen LogP contribution in [0.2, 0.25) is 0 Å². The number of aromatic nitrogens is 8. The zero-order valence-electron chi connectivity index (χ0n) is 82.9. The number of alkyl halides is 1. The van der Waals surface area contributed by atoms with Crippen LogP contribution in [0.4, 0.5) is 0 Å². The third kappa shape index (κ3) is 34.9. The van der Waals surface area contributed by atoms with Crippen LogP contribution in [0.25, 0.3) is 32.7 Å². The van der Waals surface area contributed by atoms with Gasteiger partial charge in [-0.1, -0.05) is 88.0 Å². The van der Waals surface area contributed by atoms with Crippen LogP contribution in [0.1, 0.15) is 253 Å². The molecular formula is C94H122B3Br6MgN11O21. The number of phenols is 1. The van der Waals surface area contributed by atoms with E-state index in [-0.39, 0.29) is 147 Å². The van der Waals surface area contributed by atoms with Gasteiger partial charge in [0, 0.05) is 80.8 Å². The zero-order valence-corrected chi connectivity index (χ0v) is 93.8. The van der Waals surface area contributed by atoms with Crippen molar-refractivity contribution in [3.63, 3.8) is 0 Å². The summed E-state index contributed by atoms with van der Waals surface area (Å²) in [6.45, 7) is 54.8. The number of Topliss-reactive ketones (excluding diaryl/α,β-unsaturated/α-hetero) is 4. The Morgan fingerprint density at radius 2 is 0.772 bits per heavy atom. The molecule has 0 spiro atoms. The monoisotopic (exact) mass is 2270 g/mol. The number of hydrogen-bond donors (Lipinski definition) is 3. The molecule has 4 aromatic heterocycles. The van der Waals surface area contributed by atoms with Crippen LogP contribution in [0, 0.1) is 25.7 Å². The number of nitrogens with zero attached hydrogens (tertiary/aromatic N) is 11. The molecule has 9 heterocycles. The number of nitriles is 1. The summed E-state index contributed by atoms with van der Waals surface area (Å²) in [5.74, 6) is -1.91. The summed E-state index contributed by atoms with van der Waals surface area (Å²) in [7, 11) is -1.49. The van der Waals surface area contributed by atoms with Crippen molar-refractivity contribution in [1.29, 1.82) is 5.26 Å². The molecule has 0 saturated carbocycles. The standard InChI is InChI=1S/C21H29BN2O5.C15H17BrN2O3.C15H18N2O4.C12H24B2O4.C10H8BrNO.C9H5BrN2.C6H11BrO2.C5H5BrN2.CH3.BrH.Mg.H2O2/c1-13(25)18-15-11-14(22-28-20(5,6)21(7,8)29-22)9-10-16(15)24(23-18)12-17(26)27-19(2,3)4;1-9(19)14-11-7-10(16)5-6-12(11)18(17-14)8-13(20)21-15(2,3)4;1-9(18)14-11-7-10(19)5-6-12(11)17(16-14)8-13(20)21-15(2,3)4;1-9(2)10(3,4)16-13(15-9)14-17-11(5,6)12(7,8)18-14;1-6(13)10-9-4-8(11)3-2-7(9)5-12-10;10-7-2-1-6-5-12-9(4-11)8(6)3-7;1-6(2,3)9-5(8)4-7;1-4-2-7-5(6)8-3-4;;;;1-2/h9-11H,12H2,1-8H3;5-7H,8H2,1-4H3;5-7,19H,8H2,1-4H3;1-8H3;2-4H,5H2,1H3;1-3H,5H2;4H2,1-3H3;2-3H,1H3;1H3;1H;;1-2H/q;;;;;;;;-1;;+2;/p-1. The van der Waals surface area contributed by atoms with Crippen molar-refractivity contribution in [1.82, 2.24) is 39.3 Å². The van der Waals surface area contributed by atoms with Crippen molar-refractivity contribution in [3.05, 3.63) is 174 Å². The minimum atomic E-state index is -0.590. The first-order chi connectivity index (χ1) is 61.2. The van der Waals surface area contributed by atoms with Gasteiger partial charge in [-0.2, -0.15) is 20.6 Å². The number of fused-ring (bicyclic) bond motifs is 5. The zero-order chi connectivity index (χ0) is 101. The summed E-state index contributed by atoms with van der Waals surface area (Å²) < 4.78 is 64.8. The summed E-state index contributed by atoms with van der Waals surface area (Å²) in [6, 6.07) is 29.5. The minimum Gasteiger partial charge on any atom is -1.00 e. The van der Waals surface area contributed by atoms with Gasteiger partial charge in [-0.15, -0.1) is 0 Å². The van der Waals surface area contributed by atoms with E-state index < -0.39 is 61.1 Å². The fourth-order valence-electron chi connectivity index (χ4n) is 12.7. The molecule has 14 rings (SSSR count). The molecule has 0 unspecified atom stereocenters. The van der Waals surface area contributed by atoms with Crippen LogP contribution in [0.15, 0.2) is 132 Å². The van der Waals surface area contributed by atoms with Gasteiger partial charge < -0.3 is 76.4 Å². The number of aryl methyl sites for hydroxylation is 1. The van der Waals surface area contributed by atoms with E-state index in [0.29, 0.717) is 62.4 Å². The maximum absolute atomic E-state index is 12.3. The van der Waals surface area contributed by atoms with Gasteiger partial charge in [-0.3, -0.25) is 72.9 Å². The predicted molar refractivity (Wildman–Crippen MR) is 541 cm³/mol. The van der Waals surface area contributed by atoms with Gasteiger partial charge in [0.15, 0.2) is 27.9 Å². The number of rotatable bonds is 13. The van der Waals surface area contributed by atoms with E-state index in [1.807, 2.05) is 225 Å². The Hall–Kier alpha value is -7.70. The predicted octanol–water partition coefficient (Wildman–Crippen LogP) is 15.7. The van der Waals surface area contributed by atoms with Crippen LogP contribution in [-0.2, 0) is 104 Å². The van der Waals surface area contributed by atoms with Gasteiger partial charge in [-0.05, 0) is 278 Å². The van der Waals surface area contributed by atoms with Crippen LogP contribution >= 0.6 is 79.6 Å². The molecule has 42 heteroatoms. The van der Waals surface area contributed by atoms with Gasteiger partial charge in [0.25, 0.3) is 0 Å². The number of ether oxygens (including phenoxy) is 4. The van der Waals surface area contributed by atoms with E-state index in [4.69, 9.17) is 62.6 Å². The van der Waals surface area contributed by atoms with Crippen molar-refractivity contribution in [2.75, 3.05) is 5.33 Å². The Morgan fingerprint density at radius 1 is 0.456 bits per heavy atom. The summed E-state index contributed by atoms with van der Waals surface area (Å²) in [5, 5.41) is 45.2. The Kier molecular flexibility index (Phi) is 45.1. The molecule has 0 amide bonds. The molecule has 5 aliphatic heterocycles. The maximum Gasteiger partial charge on any atom is 2.00 e. The van der Waals surface area contributed by atoms with E-state index in [1.165, 1.54) is 46.9 Å². The summed E-state index contributed by atoms with van der Waals surface area (Å²) in [5.41, 5.74) is 5.70. The quantitative estimate of drug-likeness (QED) is 0.0111. The van der Waals surface area contributed by atoms with Gasteiger partial charge in [0.1, 0.15) is 87.7 Å². The molecule has 3 saturated heterocycles. The first-order valence-corrected chi connectivity index (χ1v) is 46.6. The molecule has 136 heavy (non-hydrogen) atoms. The third-order valence-corrected chi connectivity index (χ3v) is 23.1. The molecule has 0 aliphatic carbocycles. The first-order valence-electron chi connectivity index (χ1n) is 42.3. The Morgan fingerprint density at radius 3 is 1.12 bits per heavy atom. The van der Waals surface area contributed by atoms with Crippen molar-refractivity contribution < 1.29 is 118 Å². The van der Waals surface area contributed by atoms with Crippen LogP contribution in [0.3, 0.4) is 0 Å². The van der Waals surface area contributed by atoms with Crippen LogP contribution in [0.5, 0.6) is 5.75 Å². The third-order valence-electron chi connectivity index (χ3n) is 20.8. The van der Waals surface area contributed by atoms with E-state index in [9.17, 15) is 43.5 Å². The summed E-state index contributed by atoms with van der Waals surface area (Å²) in [6.07, 6.45) is 3.52. The fourth-order valence-corrected chi connectivity index (χ4v) is 14.1. The van der Waals surface area contributed by atoms with Crippen molar-refractivity contribution in [3.8, 4) is 11.8 Å². The number of ketones is 4. The molecule has 732 valence electrons. The van der Waals surface area contributed by atoms with E-state index in [1.54, 1.807) is 46.2 Å². The second-order valence-corrected chi connectivity index (χ2v) is 42.3. The minimum absolute atomic E-state index is 0. The van der Waals surface area contributed by atoms with Gasteiger partial charge in [0.05, 0.1) is 63.2 Å². The molecule has 3 fully saturated rings. The number of aliphatic imine (C=N–C) groups is 2. The maximum atomic E-state index is 12.3. The molecule has 0 atom stereocenters. The topological polar surface area (TPSA) is 417 Å². The molecule has 9 aromatic rings. The molecule has 0 bridgehead atoms. The molecule has 5 aliphatic rings. The summed E-state index contributed by atoms with van der Waals surface area (Å²) >= 11 is 16.2. The van der Waals surface area contributed by atoms with Crippen LogP contribution in [-0.4, -0.2) is 219 Å². The number of carbonyl (C=O) groups excluding carboxylic acids is 8. The Bertz CT molecular complexity index is 5640. The molecule has 32 nitrogen and oxygen atoms in total. The average Bonchev–Trinajstić information content (AvgIpc) is 1.58. The van der Waals surface area contributed by atoms with Crippen molar-refractivity contribution in [2.45, 2.75) is 290 Å². The van der Waals surface area contributed by atoms with E-state index in [2.05, 4.69) is 121 Å². The second-order valence-electron chi connectivity index (χ2n) is 38.3. The Balaban J connectivity index is 0.000000409. The van der Waals surface area contributed by atoms with E-state index >= 15 is 0 Å². The second kappa shape index (κ2) is 50.1. The number of carbonyl (C=O) groups is 8. The van der Waals surface area contributed by atoms with Gasteiger partial charge in [0.2, 0.25) is 0 Å². The Labute approximate surface area is 866 Å². The first kappa shape index (κ1) is 122. The SMILES string of the molecule is CC(=O)C1=NCc2ccc(Br)cc21.CC(=O)c1nn(CC(=O)OC(C)(C)C)c2ccc(B3OC(C)(C)C(C)(C)O3)cc12.CC(=O)c1nn(CC(=O)OC(C)(C)C)c2ccc(Br)cc12.CC(=O)c1nn(CC(=O)OC(C)(C)C)c2ccc(O)cc12.CC(C)(C)OC(=O)CBr.CC1(C)OB(B2OC(C)(C)C(C)(C)O2)OC1(C)C.Cc1cnc(Br)nc1.N#CC1=NCc2ccc(Br)cc21.OO.[Br-].[CH3-].[Mg+2]. The number of phenolic OH excluding ortho intramolecular Hbond substituents is 1. The number of benzene rings is 5. The normalized spacial score (nSPS) is 15.6. The number of esters is 4. The number of hydrogen-bond acceptors (Lipinski definition) is 29. The van der Waals surface area contributed by atoms with Crippen molar-refractivity contribution >= 4 is 220 Å². The summed E-state index contributed by atoms with van der Waals surface area (Å²) in [4.78, 5) is 109. The van der Waals surface area contributed by atoms with E-state index in [0.717, 1.165) is 57.6 Å². The number of aromatic hydroxyl groups is 1. The smallest absolute Gasteiger partial charge is 1.00 e. The molecule has 5 aromatic carbocycles. The largest absolute Gasteiger partial charge is 2.00 e. The molecule has 3 N–H and O–H groups in total. The fraction of sp³-hybridized carbons (Fsp3) is 0.479. The van der Waals surface area contributed by atoms with Gasteiger partial charge >= 0.3 is 68.1 Å². The van der Waals surface area contributed by atoms with Crippen molar-refractivity contribution in [2.24, 2.45) is 9.98 Å².